The summed E-state index contributed by atoms with van der Waals surface area (Å²) in [6.07, 6.45) is 0. The quantitative estimate of drug-likeness (QED) is 0.639. The van der Waals surface area contributed by atoms with E-state index >= 15 is 0 Å². The molecule has 0 amide bonds. The molecule has 2 rings (SSSR count). The van der Waals surface area contributed by atoms with Crippen molar-refractivity contribution in [3.05, 3.63) is 65.2 Å². The average molecular weight is 333 g/mol. The van der Waals surface area contributed by atoms with Crippen molar-refractivity contribution in [3.63, 3.8) is 0 Å². The molecule has 0 saturated heterocycles. The Labute approximate surface area is 130 Å². The van der Waals surface area contributed by atoms with Gasteiger partial charge in [-0.25, -0.2) is 0 Å². The first-order valence-electron chi connectivity index (χ1n) is 7.08. The van der Waals surface area contributed by atoms with Crippen LogP contribution in [-0.2, 0) is 0 Å². The summed E-state index contributed by atoms with van der Waals surface area (Å²) in [6, 6.07) is 17.1. The van der Waals surface area contributed by atoms with Gasteiger partial charge in [0.25, 0.3) is 0 Å². The Morgan fingerprint density at radius 3 is 1.75 bits per heavy atom. The van der Waals surface area contributed by atoms with Crippen LogP contribution in [-0.4, -0.2) is 6.61 Å². The van der Waals surface area contributed by atoms with Crippen molar-refractivity contribution >= 4 is 15.9 Å². The van der Waals surface area contributed by atoms with Crippen molar-refractivity contribution in [1.29, 1.82) is 0 Å². The number of benzene rings is 2. The van der Waals surface area contributed by atoms with Gasteiger partial charge >= 0.3 is 0 Å². The Morgan fingerprint density at radius 2 is 1.30 bits per heavy atom. The number of halogens is 1. The maximum Gasteiger partial charge on any atom is 0.119 e. The fraction of sp³-hybridized carbons (Fsp3) is 0.333. The molecule has 0 spiro atoms. The van der Waals surface area contributed by atoms with Gasteiger partial charge in [0.2, 0.25) is 0 Å². The van der Waals surface area contributed by atoms with Crippen LogP contribution in [0.5, 0.6) is 5.75 Å². The van der Waals surface area contributed by atoms with Gasteiger partial charge in [-0.15, -0.1) is 0 Å². The van der Waals surface area contributed by atoms with Crippen LogP contribution < -0.4 is 4.74 Å². The van der Waals surface area contributed by atoms with Gasteiger partial charge in [-0.3, -0.25) is 0 Å². The van der Waals surface area contributed by atoms with Crippen molar-refractivity contribution in [2.45, 2.75) is 31.5 Å². The number of rotatable bonds is 5. The molecule has 1 unspecified atom stereocenters. The number of alkyl halides is 1. The van der Waals surface area contributed by atoms with E-state index in [9.17, 15) is 0 Å². The van der Waals surface area contributed by atoms with E-state index in [1.165, 1.54) is 16.7 Å². The minimum Gasteiger partial charge on any atom is -0.494 e. The Morgan fingerprint density at radius 1 is 0.850 bits per heavy atom. The monoisotopic (exact) mass is 332 g/mol. The van der Waals surface area contributed by atoms with E-state index in [1.807, 2.05) is 19.1 Å². The SMILES string of the molecule is CCOc1ccc(C(Br)c2ccc(C(C)C)cc2)cc1. The molecule has 1 nitrogen and oxygen atoms in total. The van der Waals surface area contributed by atoms with E-state index in [0.29, 0.717) is 12.5 Å². The first kappa shape index (κ1) is 15.1. The van der Waals surface area contributed by atoms with Gasteiger partial charge in [-0.2, -0.15) is 0 Å². The minimum atomic E-state index is 0.222. The third-order valence-corrected chi connectivity index (χ3v) is 4.44. The molecule has 0 saturated carbocycles. The summed E-state index contributed by atoms with van der Waals surface area (Å²) in [5, 5.41) is 0. The molecule has 0 heterocycles. The van der Waals surface area contributed by atoms with Crippen LogP contribution in [0, 0.1) is 0 Å². The molecule has 0 fully saturated rings. The van der Waals surface area contributed by atoms with E-state index in [1.54, 1.807) is 0 Å². The number of hydrogen-bond acceptors (Lipinski definition) is 1. The zero-order valence-corrected chi connectivity index (χ0v) is 13.9. The van der Waals surface area contributed by atoms with Gasteiger partial charge in [0, 0.05) is 0 Å². The van der Waals surface area contributed by atoms with Crippen LogP contribution in [0.4, 0.5) is 0 Å². The van der Waals surface area contributed by atoms with E-state index in [-0.39, 0.29) is 4.83 Å². The van der Waals surface area contributed by atoms with Gasteiger partial charge in [0.1, 0.15) is 5.75 Å². The standard InChI is InChI=1S/C18H21BrO/c1-4-20-17-11-9-16(10-12-17)18(19)15-7-5-14(6-8-15)13(2)3/h5-13,18H,4H2,1-3H3. The Balaban J connectivity index is 2.15. The van der Waals surface area contributed by atoms with Gasteiger partial charge in [0.05, 0.1) is 11.4 Å². The smallest absolute Gasteiger partial charge is 0.119 e. The highest BCUT2D eigenvalue weighted by molar-refractivity contribution is 9.09. The Bertz CT molecular complexity index is 528. The highest BCUT2D eigenvalue weighted by Crippen LogP contribution is 2.32. The zero-order valence-electron chi connectivity index (χ0n) is 12.3. The van der Waals surface area contributed by atoms with Crippen LogP contribution in [0.25, 0.3) is 0 Å². The van der Waals surface area contributed by atoms with Gasteiger partial charge < -0.3 is 4.74 Å². The Hall–Kier alpha value is -1.28. The molecule has 2 aromatic rings. The highest BCUT2D eigenvalue weighted by atomic mass is 79.9. The van der Waals surface area contributed by atoms with Crippen LogP contribution in [0.1, 0.15) is 48.2 Å². The summed E-state index contributed by atoms with van der Waals surface area (Å²) >= 11 is 3.78. The summed E-state index contributed by atoms with van der Waals surface area (Å²) in [5.41, 5.74) is 3.89. The average Bonchev–Trinajstić information content (AvgIpc) is 2.48. The van der Waals surface area contributed by atoms with E-state index in [2.05, 4.69) is 66.2 Å². The van der Waals surface area contributed by atoms with Crippen molar-refractivity contribution in [1.82, 2.24) is 0 Å². The van der Waals surface area contributed by atoms with Crippen LogP contribution >= 0.6 is 15.9 Å². The molecule has 0 N–H and O–H groups in total. The summed E-state index contributed by atoms with van der Waals surface area (Å²) in [6.45, 7) is 7.13. The van der Waals surface area contributed by atoms with E-state index < -0.39 is 0 Å². The summed E-state index contributed by atoms with van der Waals surface area (Å²) < 4.78 is 5.47. The van der Waals surface area contributed by atoms with Gasteiger partial charge in [-0.1, -0.05) is 66.2 Å². The molecule has 0 aliphatic rings. The lowest BCUT2D eigenvalue weighted by atomic mass is 9.99. The first-order chi connectivity index (χ1) is 9.61. The largest absolute Gasteiger partial charge is 0.494 e. The molecule has 20 heavy (non-hydrogen) atoms. The third kappa shape index (κ3) is 3.63. The molecule has 0 aliphatic carbocycles. The molecule has 0 aliphatic heterocycles. The topological polar surface area (TPSA) is 9.23 Å². The van der Waals surface area contributed by atoms with Crippen molar-refractivity contribution < 1.29 is 4.74 Å². The molecule has 0 aromatic heterocycles. The molecule has 106 valence electrons. The summed E-state index contributed by atoms with van der Waals surface area (Å²) in [7, 11) is 0. The second-order valence-corrected chi connectivity index (χ2v) is 6.10. The predicted molar refractivity (Wildman–Crippen MR) is 88.9 cm³/mol. The van der Waals surface area contributed by atoms with E-state index in [4.69, 9.17) is 4.74 Å². The first-order valence-corrected chi connectivity index (χ1v) is 8.00. The second-order valence-electron chi connectivity index (χ2n) is 5.19. The fourth-order valence-corrected chi connectivity index (χ4v) is 2.75. The lowest BCUT2D eigenvalue weighted by Gasteiger charge is -2.13. The molecular formula is C18H21BrO. The third-order valence-electron chi connectivity index (χ3n) is 3.38. The molecule has 2 aromatic carbocycles. The normalized spacial score (nSPS) is 12.4. The highest BCUT2D eigenvalue weighted by Gasteiger charge is 2.10. The van der Waals surface area contributed by atoms with Gasteiger partial charge in [-0.05, 0) is 41.7 Å². The predicted octanol–water partition coefficient (Wildman–Crippen LogP) is 5.69. The molecule has 1 atom stereocenters. The zero-order chi connectivity index (χ0) is 14.5. The number of ether oxygens (including phenoxy) is 1. The van der Waals surface area contributed by atoms with Gasteiger partial charge in [0.15, 0.2) is 0 Å². The molecular weight excluding hydrogens is 312 g/mol. The molecule has 0 radical (unpaired) electrons. The second kappa shape index (κ2) is 6.94. The lowest BCUT2D eigenvalue weighted by Crippen LogP contribution is -1.95. The maximum absolute atomic E-state index is 5.47. The Kier molecular flexibility index (Phi) is 5.24. The molecule has 2 heteroatoms. The van der Waals surface area contributed by atoms with Crippen molar-refractivity contribution in [2.24, 2.45) is 0 Å². The number of hydrogen-bond donors (Lipinski definition) is 0. The molecule has 0 bridgehead atoms. The minimum absolute atomic E-state index is 0.222. The van der Waals surface area contributed by atoms with Crippen LogP contribution in [0.15, 0.2) is 48.5 Å². The van der Waals surface area contributed by atoms with E-state index in [0.717, 1.165) is 5.75 Å². The lowest BCUT2D eigenvalue weighted by molar-refractivity contribution is 0.340. The maximum atomic E-state index is 5.47. The summed E-state index contributed by atoms with van der Waals surface area (Å²) in [5.74, 6) is 1.49. The fourth-order valence-electron chi connectivity index (χ4n) is 2.14. The summed E-state index contributed by atoms with van der Waals surface area (Å²) in [4.78, 5) is 0.222. The van der Waals surface area contributed by atoms with Crippen molar-refractivity contribution in [3.8, 4) is 5.75 Å². The van der Waals surface area contributed by atoms with Crippen LogP contribution in [0.3, 0.4) is 0 Å². The van der Waals surface area contributed by atoms with Crippen LogP contribution in [0.2, 0.25) is 0 Å². The van der Waals surface area contributed by atoms with Crippen molar-refractivity contribution in [2.75, 3.05) is 6.61 Å².